The molecule has 0 bridgehead atoms. The number of fused-ring (bicyclic) bond motifs is 1. The molecule has 0 saturated carbocycles. The Kier molecular flexibility index (Phi) is 6.05. The molecular weight excluding hydrogens is 448 g/mol. The minimum Gasteiger partial charge on any atom is -0.452 e. The quantitative estimate of drug-likeness (QED) is 0.345. The van der Waals surface area contributed by atoms with Gasteiger partial charge in [-0.1, -0.05) is 48.5 Å². The van der Waals surface area contributed by atoms with E-state index in [1.54, 1.807) is 24.5 Å². The first-order valence-corrected chi connectivity index (χ1v) is 11.3. The SMILES string of the molecule is O=C(COC(=O)c1cc(-c2ccncc2)nc2ccccc12)Nc1nc(-c2ccccc2)cs1. The van der Waals surface area contributed by atoms with Crippen LogP contribution in [-0.4, -0.2) is 33.4 Å². The first-order chi connectivity index (χ1) is 16.7. The highest BCUT2D eigenvalue weighted by Crippen LogP contribution is 2.26. The third kappa shape index (κ3) is 4.67. The highest BCUT2D eigenvalue weighted by molar-refractivity contribution is 7.14. The maximum atomic E-state index is 12.9. The number of nitrogens with zero attached hydrogens (tertiary/aromatic N) is 3. The lowest BCUT2D eigenvalue weighted by Gasteiger charge is -2.10. The average Bonchev–Trinajstić information content (AvgIpc) is 3.36. The van der Waals surface area contributed by atoms with Gasteiger partial charge in [0.25, 0.3) is 5.91 Å². The number of pyridine rings is 2. The summed E-state index contributed by atoms with van der Waals surface area (Å²) in [5.74, 6) is -1.07. The second kappa shape index (κ2) is 9.60. The van der Waals surface area contributed by atoms with Crippen molar-refractivity contribution in [3.8, 4) is 22.5 Å². The van der Waals surface area contributed by atoms with Crippen molar-refractivity contribution in [2.24, 2.45) is 0 Å². The standard InChI is InChI=1S/C26H18N4O3S/c31-24(30-26-29-23(16-34-26)17-6-2-1-3-7-17)15-33-25(32)20-14-22(18-10-12-27-13-11-18)28-21-9-5-4-8-19(20)21/h1-14,16H,15H2,(H,29,30,31). The molecule has 0 saturated heterocycles. The van der Waals surface area contributed by atoms with E-state index in [2.05, 4.69) is 20.3 Å². The van der Waals surface area contributed by atoms with Crippen LogP contribution in [0.5, 0.6) is 0 Å². The van der Waals surface area contributed by atoms with E-state index in [0.717, 1.165) is 16.8 Å². The van der Waals surface area contributed by atoms with Gasteiger partial charge in [-0.3, -0.25) is 15.1 Å². The van der Waals surface area contributed by atoms with E-state index >= 15 is 0 Å². The number of hydrogen-bond acceptors (Lipinski definition) is 7. The van der Waals surface area contributed by atoms with Gasteiger partial charge in [0, 0.05) is 34.3 Å². The van der Waals surface area contributed by atoms with Gasteiger partial charge in [-0.2, -0.15) is 0 Å². The number of ether oxygens (including phenoxy) is 1. The summed E-state index contributed by atoms with van der Waals surface area (Å²) in [4.78, 5) is 38.4. The van der Waals surface area contributed by atoms with Gasteiger partial charge in [0.15, 0.2) is 11.7 Å². The zero-order valence-electron chi connectivity index (χ0n) is 17.8. The summed E-state index contributed by atoms with van der Waals surface area (Å²) in [6, 6.07) is 22.3. The molecule has 0 aliphatic heterocycles. The van der Waals surface area contributed by atoms with E-state index in [1.165, 1.54) is 11.3 Å². The number of nitrogens with one attached hydrogen (secondary N) is 1. The van der Waals surface area contributed by atoms with Gasteiger partial charge < -0.3 is 4.74 Å². The molecule has 34 heavy (non-hydrogen) atoms. The summed E-state index contributed by atoms with van der Waals surface area (Å²) in [7, 11) is 0. The highest BCUT2D eigenvalue weighted by atomic mass is 32.1. The Labute approximate surface area is 199 Å². The fourth-order valence-corrected chi connectivity index (χ4v) is 4.19. The largest absolute Gasteiger partial charge is 0.452 e. The molecule has 166 valence electrons. The molecule has 1 amide bonds. The number of esters is 1. The molecule has 0 unspecified atom stereocenters. The van der Waals surface area contributed by atoms with Crippen LogP contribution in [0.2, 0.25) is 0 Å². The summed E-state index contributed by atoms with van der Waals surface area (Å²) >= 11 is 1.31. The van der Waals surface area contributed by atoms with Gasteiger partial charge >= 0.3 is 5.97 Å². The fraction of sp³-hybridized carbons (Fsp3) is 0.0385. The molecule has 2 aromatic carbocycles. The molecule has 5 rings (SSSR count). The Bertz CT molecular complexity index is 1470. The number of amides is 1. The van der Waals surface area contributed by atoms with Crippen molar-refractivity contribution in [3.63, 3.8) is 0 Å². The van der Waals surface area contributed by atoms with Crippen LogP contribution in [0.4, 0.5) is 5.13 Å². The van der Waals surface area contributed by atoms with Crippen LogP contribution in [0.1, 0.15) is 10.4 Å². The predicted octanol–water partition coefficient (Wildman–Crippen LogP) is 5.22. The molecule has 0 spiro atoms. The summed E-state index contributed by atoms with van der Waals surface area (Å²) in [6.07, 6.45) is 3.33. The number of anilines is 1. The van der Waals surface area contributed by atoms with E-state index in [0.29, 0.717) is 27.3 Å². The Morgan fingerprint density at radius 3 is 2.41 bits per heavy atom. The molecule has 0 fully saturated rings. The smallest absolute Gasteiger partial charge is 0.339 e. The van der Waals surface area contributed by atoms with Crippen LogP contribution in [0.25, 0.3) is 33.4 Å². The summed E-state index contributed by atoms with van der Waals surface area (Å²) in [5, 5.41) is 5.64. The lowest BCUT2D eigenvalue weighted by molar-refractivity contribution is -0.119. The van der Waals surface area contributed by atoms with Gasteiger partial charge in [-0.15, -0.1) is 11.3 Å². The molecule has 0 atom stereocenters. The monoisotopic (exact) mass is 466 g/mol. The number of benzene rings is 2. The van der Waals surface area contributed by atoms with Gasteiger partial charge in [0.05, 0.1) is 22.5 Å². The maximum absolute atomic E-state index is 12.9. The van der Waals surface area contributed by atoms with Crippen LogP contribution < -0.4 is 5.32 Å². The van der Waals surface area contributed by atoms with Crippen LogP contribution >= 0.6 is 11.3 Å². The lowest BCUT2D eigenvalue weighted by atomic mass is 10.0. The van der Waals surface area contributed by atoms with Crippen molar-refractivity contribution >= 4 is 39.2 Å². The number of para-hydroxylation sites is 1. The molecule has 3 heterocycles. The summed E-state index contributed by atoms with van der Waals surface area (Å²) in [6.45, 7) is -0.430. The second-order valence-corrected chi connectivity index (χ2v) is 8.19. The Morgan fingerprint density at radius 2 is 1.59 bits per heavy atom. The molecule has 7 nitrogen and oxygen atoms in total. The number of carbonyl (C=O) groups excluding carboxylic acids is 2. The normalized spacial score (nSPS) is 10.7. The Hall–Kier alpha value is -4.43. The van der Waals surface area contributed by atoms with Crippen LogP contribution in [0, 0.1) is 0 Å². The molecule has 5 aromatic rings. The van der Waals surface area contributed by atoms with E-state index in [1.807, 2.05) is 66.0 Å². The molecule has 0 radical (unpaired) electrons. The van der Waals surface area contributed by atoms with Crippen LogP contribution in [0.3, 0.4) is 0 Å². The van der Waals surface area contributed by atoms with Gasteiger partial charge in [-0.25, -0.2) is 14.8 Å². The van der Waals surface area contributed by atoms with E-state index < -0.39 is 18.5 Å². The number of aromatic nitrogens is 3. The zero-order valence-corrected chi connectivity index (χ0v) is 18.7. The van der Waals surface area contributed by atoms with Crippen molar-refractivity contribution in [1.82, 2.24) is 15.0 Å². The number of thiazole rings is 1. The van der Waals surface area contributed by atoms with Gasteiger partial charge in [0.1, 0.15) is 0 Å². The van der Waals surface area contributed by atoms with Crippen molar-refractivity contribution in [2.45, 2.75) is 0 Å². The number of rotatable bonds is 6. The van der Waals surface area contributed by atoms with E-state index in [9.17, 15) is 9.59 Å². The van der Waals surface area contributed by atoms with Crippen molar-refractivity contribution in [1.29, 1.82) is 0 Å². The van der Waals surface area contributed by atoms with Crippen molar-refractivity contribution in [3.05, 3.63) is 96.1 Å². The summed E-state index contributed by atoms with van der Waals surface area (Å²) < 4.78 is 5.34. The van der Waals surface area contributed by atoms with Crippen LogP contribution in [0.15, 0.2) is 90.6 Å². The average molecular weight is 467 g/mol. The minimum absolute atomic E-state index is 0.339. The third-order valence-corrected chi connectivity index (χ3v) is 5.82. The first kappa shape index (κ1) is 21.4. The predicted molar refractivity (Wildman–Crippen MR) is 131 cm³/mol. The molecule has 1 N–H and O–H groups in total. The fourth-order valence-electron chi connectivity index (χ4n) is 3.45. The van der Waals surface area contributed by atoms with Crippen molar-refractivity contribution in [2.75, 3.05) is 11.9 Å². The van der Waals surface area contributed by atoms with E-state index in [-0.39, 0.29) is 0 Å². The number of hydrogen-bond donors (Lipinski definition) is 1. The maximum Gasteiger partial charge on any atom is 0.339 e. The Morgan fingerprint density at radius 1 is 0.853 bits per heavy atom. The Balaban J connectivity index is 1.30. The van der Waals surface area contributed by atoms with Gasteiger partial charge in [-0.05, 0) is 24.3 Å². The van der Waals surface area contributed by atoms with Crippen LogP contribution in [-0.2, 0) is 9.53 Å². The van der Waals surface area contributed by atoms with Crippen molar-refractivity contribution < 1.29 is 14.3 Å². The molecule has 3 aromatic heterocycles. The topological polar surface area (TPSA) is 94.1 Å². The molecule has 8 heteroatoms. The molecular formula is C26H18N4O3S. The minimum atomic E-state index is -0.604. The second-order valence-electron chi connectivity index (χ2n) is 7.34. The molecule has 0 aliphatic rings. The van der Waals surface area contributed by atoms with Gasteiger partial charge in [0.2, 0.25) is 0 Å². The number of carbonyl (C=O) groups is 2. The van der Waals surface area contributed by atoms with E-state index in [4.69, 9.17) is 4.74 Å². The lowest BCUT2D eigenvalue weighted by Crippen LogP contribution is -2.21. The third-order valence-electron chi connectivity index (χ3n) is 5.07. The molecule has 0 aliphatic carbocycles. The highest BCUT2D eigenvalue weighted by Gasteiger charge is 2.17. The zero-order chi connectivity index (χ0) is 23.3. The first-order valence-electron chi connectivity index (χ1n) is 10.5. The summed E-state index contributed by atoms with van der Waals surface area (Å²) in [5.41, 5.74) is 4.17.